The van der Waals surface area contributed by atoms with Gasteiger partial charge in [-0.1, -0.05) is 19.8 Å². The van der Waals surface area contributed by atoms with E-state index in [2.05, 4.69) is 30.6 Å². The Bertz CT molecular complexity index is 337. The lowest BCUT2D eigenvalue weighted by molar-refractivity contribution is 0.195. The summed E-state index contributed by atoms with van der Waals surface area (Å²) in [6.07, 6.45) is 10.9. The van der Waals surface area contributed by atoms with Crippen molar-refractivity contribution in [3.05, 3.63) is 18.0 Å². The molecule has 1 saturated carbocycles. The summed E-state index contributed by atoms with van der Waals surface area (Å²) >= 11 is 0. The third kappa shape index (κ3) is 1.88. The first kappa shape index (κ1) is 11.6. The standard InChI is InChI=1S/C13H23N3/c1-4-13(7-5-6-8-13)12(14-2)11-9-15-16(3)10-11/h9-10,12,14H,4-8H2,1-3H3. The predicted octanol–water partition coefficient (Wildman–Crippen LogP) is 2.65. The number of aromatic nitrogens is 2. The maximum atomic E-state index is 4.30. The molecule has 1 unspecified atom stereocenters. The molecule has 90 valence electrons. The van der Waals surface area contributed by atoms with Gasteiger partial charge in [-0.05, 0) is 31.7 Å². The van der Waals surface area contributed by atoms with Gasteiger partial charge in [-0.3, -0.25) is 4.68 Å². The minimum atomic E-state index is 0.456. The Labute approximate surface area is 98.2 Å². The molecule has 3 nitrogen and oxygen atoms in total. The van der Waals surface area contributed by atoms with Crippen LogP contribution in [0.5, 0.6) is 0 Å². The molecular weight excluding hydrogens is 198 g/mol. The highest BCUT2D eigenvalue weighted by Gasteiger charge is 2.40. The molecule has 0 spiro atoms. The zero-order chi connectivity index (χ0) is 11.6. The first-order valence-corrected chi connectivity index (χ1v) is 6.37. The van der Waals surface area contributed by atoms with Crippen molar-refractivity contribution in [2.75, 3.05) is 7.05 Å². The van der Waals surface area contributed by atoms with Crippen LogP contribution in [-0.4, -0.2) is 16.8 Å². The fraction of sp³-hybridized carbons (Fsp3) is 0.769. The van der Waals surface area contributed by atoms with Crippen LogP contribution in [0.2, 0.25) is 0 Å². The second kappa shape index (κ2) is 4.58. The van der Waals surface area contributed by atoms with Gasteiger partial charge in [0.25, 0.3) is 0 Å². The lowest BCUT2D eigenvalue weighted by atomic mass is 9.74. The molecule has 1 aromatic heterocycles. The van der Waals surface area contributed by atoms with Gasteiger partial charge < -0.3 is 5.32 Å². The summed E-state index contributed by atoms with van der Waals surface area (Å²) in [5.74, 6) is 0. The van der Waals surface area contributed by atoms with Crippen molar-refractivity contribution in [2.24, 2.45) is 12.5 Å². The van der Waals surface area contributed by atoms with E-state index >= 15 is 0 Å². The number of nitrogens with zero attached hydrogens (tertiary/aromatic N) is 2. The van der Waals surface area contributed by atoms with E-state index in [0.717, 1.165) is 0 Å². The minimum Gasteiger partial charge on any atom is -0.312 e. The minimum absolute atomic E-state index is 0.456. The molecule has 1 heterocycles. The van der Waals surface area contributed by atoms with E-state index in [0.29, 0.717) is 11.5 Å². The van der Waals surface area contributed by atoms with Gasteiger partial charge in [0.05, 0.1) is 6.20 Å². The van der Waals surface area contributed by atoms with Gasteiger partial charge in [-0.25, -0.2) is 0 Å². The van der Waals surface area contributed by atoms with Crippen molar-refractivity contribution in [1.82, 2.24) is 15.1 Å². The Hall–Kier alpha value is -0.830. The quantitative estimate of drug-likeness (QED) is 0.847. The van der Waals surface area contributed by atoms with Crippen molar-refractivity contribution in [3.63, 3.8) is 0 Å². The van der Waals surface area contributed by atoms with Gasteiger partial charge >= 0.3 is 0 Å². The highest BCUT2D eigenvalue weighted by molar-refractivity contribution is 5.15. The van der Waals surface area contributed by atoms with E-state index in [-0.39, 0.29) is 0 Å². The maximum absolute atomic E-state index is 4.30. The molecule has 0 bridgehead atoms. The Morgan fingerprint density at radius 1 is 1.50 bits per heavy atom. The highest BCUT2D eigenvalue weighted by Crippen LogP contribution is 2.49. The summed E-state index contributed by atoms with van der Waals surface area (Å²) in [6.45, 7) is 2.33. The Kier molecular flexibility index (Phi) is 3.33. The molecule has 1 aliphatic rings. The molecule has 2 rings (SSSR count). The maximum Gasteiger partial charge on any atom is 0.0537 e. The van der Waals surface area contributed by atoms with Crippen LogP contribution in [-0.2, 0) is 7.05 Å². The monoisotopic (exact) mass is 221 g/mol. The number of hydrogen-bond acceptors (Lipinski definition) is 2. The van der Waals surface area contributed by atoms with Gasteiger partial charge in [0, 0.05) is 24.8 Å². The molecule has 16 heavy (non-hydrogen) atoms. The predicted molar refractivity (Wildman–Crippen MR) is 66.2 cm³/mol. The summed E-state index contributed by atoms with van der Waals surface area (Å²) in [5, 5.41) is 7.81. The average molecular weight is 221 g/mol. The van der Waals surface area contributed by atoms with Crippen molar-refractivity contribution in [1.29, 1.82) is 0 Å². The van der Waals surface area contributed by atoms with Crippen LogP contribution < -0.4 is 5.32 Å². The highest BCUT2D eigenvalue weighted by atomic mass is 15.2. The van der Waals surface area contributed by atoms with Crippen molar-refractivity contribution >= 4 is 0 Å². The SMILES string of the molecule is CCC1(C(NC)c2cnn(C)c2)CCCC1. The van der Waals surface area contributed by atoms with Crippen LogP contribution in [0.1, 0.15) is 50.6 Å². The summed E-state index contributed by atoms with van der Waals surface area (Å²) < 4.78 is 1.90. The van der Waals surface area contributed by atoms with E-state index in [9.17, 15) is 0 Å². The van der Waals surface area contributed by atoms with E-state index in [1.54, 1.807) is 0 Å². The molecule has 0 aliphatic heterocycles. The number of aryl methyl sites for hydroxylation is 1. The van der Waals surface area contributed by atoms with Crippen molar-refractivity contribution in [3.8, 4) is 0 Å². The molecule has 0 saturated heterocycles. The van der Waals surface area contributed by atoms with Gasteiger partial charge in [0.15, 0.2) is 0 Å². The van der Waals surface area contributed by atoms with Crippen LogP contribution in [0.4, 0.5) is 0 Å². The average Bonchev–Trinajstić information content (AvgIpc) is 2.90. The normalized spacial score (nSPS) is 21.2. The number of nitrogens with one attached hydrogen (secondary N) is 1. The number of hydrogen-bond donors (Lipinski definition) is 1. The van der Waals surface area contributed by atoms with Gasteiger partial charge in [0.1, 0.15) is 0 Å². The fourth-order valence-electron chi connectivity index (χ4n) is 3.34. The fourth-order valence-corrected chi connectivity index (χ4v) is 3.34. The molecule has 0 radical (unpaired) electrons. The molecular formula is C13H23N3. The largest absolute Gasteiger partial charge is 0.312 e. The zero-order valence-electron chi connectivity index (χ0n) is 10.7. The van der Waals surface area contributed by atoms with Gasteiger partial charge in [0.2, 0.25) is 0 Å². The van der Waals surface area contributed by atoms with E-state index in [4.69, 9.17) is 0 Å². The van der Waals surface area contributed by atoms with Gasteiger partial charge in [-0.15, -0.1) is 0 Å². The Morgan fingerprint density at radius 3 is 2.62 bits per heavy atom. The molecule has 3 heteroatoms. The smallest absolute Gasteiger partial charge is 0.0537 e. The molecule has 1 aliphatic carbocycles. The molecule has 1 atom stereocenters. The summed E-state index contributed by atoms with van der Waals surface area (Å²) in [4.78, 5) is 0. The lowest BCUT2D eigenvalue weighted by Gasteiger charge is -2.36. The summed E-state index contributed by atoms with van der Waals surface area (Å²) in [7, 11) is 4.07. The third-order valence-electron chi connectivity index (χ3n) is 4.26. The molecule has 1 fully saturated rings. The first-order valence-electron chi connectivity index (χ1n) is 6.37. The Morgan fingerprint density at radius 2 is 2.19 bits per heavy atom. The Balaban J connectivity index is 2.27. The molecule has 1 aromatic rings. The van der Waals surface area contributed by atoms with Crippen LogP contribution in [0.15, 0.2) is 12.4 Å². The van der Waals surface area contributed by atoms with E-state index in [1.165, 1.54) is 37.7 Å². The van der Waals surface area contributed by atoms with Crippen molar-refractivity contribution in [2.45, 2.75) is 45.1 Å². The summed E-state index contributed by atoms with van der Waals surface area (Å²) in [6, 6.07) is 0.466. The zero-order valence-corrected chi connectivity index (χ0v) is 10.7. The second-order valence-electron chi connectivity index (χ2n) is 5.09. The molecule has 0 amide bonds. The van der Waals surface area contributed by atoms with Crippen LogP contribution in [0.3, 0.4) is 0 Å². The van der Waals surface area contributed by atoms with E-state index in [1.807, 2.05) is 17.9 Å². The van der Waals surface area contributed by atoms with Crippen LogP contribution in [0.25, 0.3) is 0 Å². The topological polar surface area (TPSA) is 29.9 Å². The molecule has 1 N–H and O–H groups in total. The summed E-state index contributed by atoms with van der Waals surface area (Å²) in [5.41, 5.74) is 1.80. The second-order valence-corrected chi connectivity index (χ2v) is 5.09. The van der Waals surface area contributed by atoms with Crippen molar-refractivity contribution < 1.29 is 0 Å². The third-order valence-corrected chi connectivity index (χ3v) is 4.26. The lowest BCUT2D eigenvalue weighted by Crippen LogP contribution is -2.34. The number of rotatable bonds is 4. The molecule has 0 aromatic carbocycles. The van der Waals surface area contributed by atoms with Crippen LogP contribution in [0, 0.1) is 5.41 Å². The van der Waals surface area contributed by atoms with E-state index < -0.39 is 0 Å². The first-order chi connectivity index (χ1) is 7.72. The van der Waals surface area contributed by atoms with Gasteiger partial charge in [-0.2, -0.15) is 5.10 Å². The van der Waals surface area contributed by atoms with Crippen LogP contribution >= 0.6 is 0 Å².